The minimum Gasteiger partial charge on any atom is -0.354 e. The summed E-state index contributed by atoms with van der Waals surface area (Å²) in [5, 5.41) is 0. The molecule has 1 amide bonds. The van der Waals surface area contributed by atoms with Gasteiger partial charge in [-0.3, -0.25) is 4.79 Å². The predicted molar refractivity (Wildman–Crippen MR) is 90.8 cm³/mol. The van der Waals surface area contributed by atoms with E-state index in [2.05, 4.69) is 46.9 Å². The molecule has 0 bridgehead atoms. The van der Waals surface area contributed by atoms with E-state index in [1.807, 2.05) is 4.90 Å². The summed E-state index contributed by atoms with van der Waals surface area (Å²) in [5.41, 5.74) is 2.18. The van der Waals surface area contributed by atoms with Gasteiger partial charge in [0.2, 0.25) is 5.91 Å². The van der Waals surface area contributed by atoms with Crippen LogP contribution in [0.5, 0.6) is 0 Å². The number of allylic oxidation sites excluding steroid dienone is 1. The molecule has 23 heavy (non-hydrogen) atoms. The summed E-state index contributed by atoms with van der Waals surface area (Å²) in [5.74, 6) is 3.94. The van der Waals surface area contributed by atoms with Crippen LogP contribution in [0.25, 0.3) is 6.08 Å². The Morgan fingerprint density at radius 1 is 1.52 bits per heavy atom. The lowest BCUT2D eigenvalue weighted by molar-refractivity contribution is -0.131. The molecule has 1 aliphatic carbocycles. The Labute approximate surface area is 137 Å². The van der Waals surface area contributed by atoms with E-state index in [-0.39, 0.29) is 18.4 Å². The van der Waals surface area contributed by atoms with Gasteiger partial charge in [-0.15, -0.1) is 6.42 Å². The van der Waals surface area contributed by atoms with Crippen molar-refractivity contribution in [3.05, 3.63) is 23.7 Å². The van der Waals surface area contributed by atoms with Crippen LogP contribution in [0.15, 0.2) is 12.4 Å². The van der Waals surface area contributed by atoms with Crippen LogP contribution in [0.1, 0.15) is 31.0 Å². The highest BCUT2D eigenvalue weighted by atomic mass is 16.2. The lowest BCUT2D eigenvalue weighted by Crippen LogP contribution is -2.53. The quantitative estimate of drug-likeness (QED) is 0.798. The van der Waals surface area contributed by atoms with E-state index >= 15 is 0 Å². The van der Waals surface area contributed by atoms with Crippen LogP contribution in [0, 0.1) is 18.3 Å². The summed E-state index contributed by atoms with van der Waals surface area (Å²) in [6.45, 7) is 3.72. The van der Waals surface area contributed by atoms with Gasteiger partial charge in [0.05, 0.1) is 18.2 Å². The van der Waals surface area contributed by atoms with Gasteiger partial charge in [0.1, 0.15) is 12.1 Å². The van der Waals surface area contributed by atoms with Crippen molar-refractivity contribution < 1.29 is 4.79 Å². The zero-order valence-electron chi connectivity index (χ0n) is 13.7. The number of carbonyl (C=O) groups excluding carboxylic acids is 1. The average molecular weight is 310 g/mol. The summed E-state index contributed by atoms with van der Waals surface area (Å²) < 4.78 is 0. The minimum atomic E-state index is 0.0469. The molecule has 0 saturated carbocycles. The van der Waals surface area contributed by atoms with E-state index < -0.39 is 0 Å². The van der Waals surface area contributed by atoms with Gasteiger partial charge in [0.15, 0.2) is 0 Å². The predicted octanol–water partition coefficient (Wildman–Crippen LogP) is 1.74. The Hall–Kier alpha value is -2.35. The molecule has 0 unspecified atom stereocenters. The number of amides is 1. The molecule has 5 heteroatoms. The van der Waals surface area contributed by atoms with Gasteiger partial charge >= 0.3 is 0 Å². The Morgan fingerprint density at radius 2 is 2.35 bits per heavy atom. The maximum Gasteiger partial charge on any atom is 0.234 e. The molecule has 1 saturated heterocycles. The van der Waals surface area contributed by atoms with Crippen molar-refractivity contribution in [3.8, 4) is 12.3 Å². The molecule has 0 spiro atoms. The van der Waals surface area contributed by atoms with E-state index in [9.17, 15) is 4.79 Å². The highest BCUT2D eigenvalue weighted by Gasteiger charge is 2.32. The number of piperidine rings is 1. The van der Waals surface area contributed by atoms with Gasteiger partial charge in [-0.1, -0.05) is 25.0 Å². The minimum absolute atomic E-state index is 0.0469. The summed E-state index contributed by atoms with van der Waals surface area (Å²) in [6, 6.07) is 0.235. The average Bonchev–Trinajstić information content (AvgIpc) is 3.03. The number of likely N-dealkylation sites (tertiary alicyclic amines) is 1. The summed E-state index contributed by atoms with van der Waals surface area (Å²) in [4.78, 5) is 25.1. The fourth-order valence-corrected chi connectivity index (χ4v) is 3.46. The molecule has 1 aromatic rings. The molecule has 5 nitrogen and oxygen atoms in total. The van der Waals surface area contributed by atoms with Crippen molar-refractivity contribution in [1.29, 1.82) is 0 Å². The molecule has 0 radical (unpaired) electrons. The van der Waals surface area contributed by atoms with E-state index in [0.717, 1.165) is 36.5 Å². The van der Waals surface area contributed by atoms with Gasteiger partial charge in [-0.2, -0.15) is 0 Å². The number of carbonyl (C=O) groups is 1. The van der Waals surface area contributed by atoms with E-state index in [1.165, 1.54) is 0 Å². The second-order valence-corrected chi connectivity index (χ2v) is 6.33. The first-order valence-corrected chi connectivity index (χ1v) is 8.06. The fourth-order valence-electron chi connectivity index (χ4n) is 3.46. The topological polar surface area (TPSA) is 49.3 Å². The van der Waals surface area contributed by atoms with Crippen molar-refractivity contribution >= 4 is 17.8 Å². The number of terminal acetylenes is 1. The number of aromatic nitrogens is 2. The van der Waals surface area contributed by atoms with Crippen LogP contribution in [-0.2, 0) is 11.2 Å². The molecule has 1 aliphatic heterocycles. The largest absolute Gasteiger partial charge is 0.354 e. The molecule has 3 rings (SSSR count). The lowest BCUT2D eigenvalue weighted by atomic mass is 9.92. The van der Waals surface area contributed by atoms with Gasteiger partial charge in [0, 0.05) is 32.1 Å². The van der Waals surface area contributed by atoms with Crippen molar-refractivity contribution in [2.75, 3.05) is 25.0 Å². The first-order chi connectivity index (χ1) is 11.1. The third kappa shape index (κ3) is 2.94. The third-order valence-electron chi connectivity index (χ3n) is 4.90. The SMILES string of the molecule is C#CCC(=O)N1CC[C@@H](C)[C@@H](N(C)c2ncnc3c2C=CC3)C1. The zero-order chi connectivity index (χ0) is 16.4. The number of likely N-dealkylation sites (N-methyl/N-ethyl adjacent to an activating group) is 1. The molecule has 1 fully saturated rings. The number of hydrogen-bond acceptors (Lipinski definition) is 4. The highest BCUT2D eigenvalue weighted by molar-refractivity contribution is 5.79. The molecule has 0 aromatic carbocycles. The van der Waals surface area contributed by atoms with Crippen LogP contribution in [0.3, 0.4) is 0 Å². The normalized spacial score (nSPS) is 22.6. The smallest absolute Gasteiger partial charge is 0.234 e. The number of nitrogens with zero attached hydrogens (tertiary/aromatic N) is 4. The molecular weight excluding hydrogens is 288 g/mol. The van der Waals surface area contributed by atoms with Crippen LogP contribution < -0.4 is 4.90 Å². The number of rotatable bonds is 3. The first-order valence-electron chi connectivity index (χ1n) is 8.06. The van der Waals surface area contributed by atoms with Gasteiger partial charge in [0.25, 0.3) is 0 Å². The van der Waals surface area contributed by atoms with Crippen LogP contribution in [0.2, 0.25) is 0 Å². The first kappa shape index (κ1) is 15.5. The molecular formula is C18H22N4O. The van der Waals surface area contributed by atoms with Crippen LogP contribution >= 0.6 is 0 Å². The van der Waals surface area contributed by atoms with E-state index in [4.69, 9.17) is 6.42 Å². The zero-order valence-corrected chi connectivity index (χ0v) is 13.7. The Bertz CT molecular complexity index is 676. The molecule has 0 N–H and O–H groups in total. The Kier molecular flexibility index (Phi) is 4.33. The molecule has 1 aromatic heterocycles. The standard InChI is InChI=1S/C18H22N4O/c1-4-6-17(23)22-10-9-13(2)16(11-22)21(3)18-14-7-5-8-15(14)19-12-20-18/h1,5,7,12-13,16H,6,8-11H2,2-3H3/t13-,16+/m1/s1. The van der Waals surface area contributed by atoms with Gasteiger partial charge in [-0.25, -0.2) is 9.97 Å². The second kappa shape index (κ2) is 6.41. The Balaban J connectivity index is 1.82. The van der Waals surface area contributed by atoms with Crippen molar-refractivity contribution in [2.45, 2.75) is 32.2 Å². The third-order valence-corrected chi connectivity index (χ3v) is 4.90. The molecule has 2 heterocycles. The summed E-state index contributed by atoms with van der Waals surface area (Å²) in [6.07, 6.45) is 13.1. The second-order valence-electron chi connectivity index (χ2n) is 6.33. The number of anilines is 1. The summed E-state index contributed by atoms with van der Waals surface area (Å²) in [7, 11) is 2.06. The van der Waals surface area contributed by atoms with Gasteiger partial charge in [-0.05, 0) is 12.3 Å². The monoisotopic (exact) mass is 310 g/mol. The fraction of sp³-hybridized carbons (Fsp3) is 0.500. The number of fused-ring (bicyclic) bond motifs is 1. The maximum atomic E-state index is 12.1. The maximum absolute atomic E-state index is 12.1. The van der Waals surface area contributed by atoms with Gasteiger partial charge < -0.3 is 9.80 Å². The van der Waals surface area contributed by atoms with Crippen molar-refractivity contribution in [3.63, 3.8) is 0 Å². The Morgan fingerprint density at radius 3 is 3.13 bits per heavy atom. The van der Waals surface area contributed by atoms with Crippen LogP contribution in [-0.4, -0.2) is 47.0 Å². The lowest BCUT2D eigenvalue weighted by Gasteiger charge is -2.42. The van der Waals surface area contributed by atoms with E-state index in [0.29, 0.717) is 12.5 Å². The number of hydrogen-bond donors (Lipinski definition) is 0. The van der Waals surface area contributed by atoms with E-state index in [1.54, 1.807) is 6.33 Å². The molecule has 2 atom stereocenters. The van der Waals surface area contributed by atoms with Crippen molar-refractivity contribution in [1.82, 2.24) is 14.9 Å². The molecule has 120 valence electrons. The van der Waals surface area contributed by atoms with Crippen molar-refractivity contribution in [2.24, 2.45) is 5.92 Å². The summed E-state index contributed by atoms with van der Waals surface area (Å²) >= 11 is 0. The van der Waals surface area contributed by atoms with Crippen LogP contribution in [0.4, 0.5) is 5.82 Å². The molecule has 2 aliphatic rings. The highest BCUT2D eigenvalue weighted by Crippen LogP contribution is 2.30.